The Morgan fingerprint density at radius 1 is 0.925 bits per heavy atom. The first-order valence-corrected chi connectivity index (χ1v) is 11.9. The molecule has 0 saturated heterocycles. The number of carbonyl (C=O) groups excluding carboxylic acids is 2. The SMILES string of the molecule is COc1cc(/C=C/C(=O)C2=C(/C=C/c3ccc(O)c(OC)c3)NC(=O)NC2c2cccc([N+](=O)[O-])c2)ccc1O. The van der Waals surface area contributed by atoms with Crippen LogP contribution in [0.2, 0.25) is 0 Å². The van der Waals surface area contributed by atoms with Crippen LogP contribution in [-0.4, -0.2) is 41.2 Å². The van der Waals surface area contributed by atoms with Crippen molar-refractivity contribution >= 4 is 29.7 Å². The first-order chi connectivity index (χ1) is 19.2. The molecule has 1 aliphatic rings. The highest BCUT2D eigenvalue weighted by Gasteiger charge is 2.31. The van der Waals surface area contributed by atoms with Crippen molar-refractivity contribution < 1.29 is 34.2 Å². The lowest BCUT2D eigenvalue weighted by Crippen LogP contribution is -2.45. The van der Waals surface area contributed by atoms with Crippen LogP contribution in [-0.2, 0) is 4.79 Å². The van der Waals surface area contributed by atoms with Gasteiger partial charge in [0.15, 0.2) is 28.8 Å². The molecule has 0 saturated carbocycles. The number of phenols is 2. The molecule has 0 aliphatic carbocycles. The number of nitro groups is 1. The van der Waals surface area contributed by atoms with Crippen LogP contribution in [0, 0.1) is 10.1 Å². The summed E-state index contributed by atoms with van der Waals surface area (Å²) in [5.74, 6) is -0.131. The zero-order valence-corrected chi connectivity index (χ0v) is 21.5. The number of hydrogen-bond donors (Lipinski definition) is 4. The molecule has 3 aromatic rings. The van der Waals surface area contributed by atoms with E-state index < -0.39 is 22.8 Å². The molecule has 204 valence electrons. The largest absolute Gasteiger partial charge is 0.504 e. The molecule has 0 spiro atoms. The maximum Gasteiger partial charge on any atom is 0.320 e. The van der Waals surface area contributed by atoms with E-state index in [0.29, 0.717) is 16.7 Å². The average molecular weight is 544 g/mol. The maximum atomic E-state index is 13.6. The van der Waals surface area contributed by atoms with Gasteiger partial charge in [-0.3, -0.25) is 14.9 Å². The standard InChI is InChI=1S/C29H25N3O8/c1-39-25-14-17(7-11-22(25)33)6-10-21-27(24(35)13-9-18-8-12-23(34)26(15-18)40-2)28(31-29(36)30-21)19-4-3-5-20(16-19)32(37)38/h3-16,28,33-34H,1-2H3,(H2,30,31,36)/b10-6+,13-9+. The van der Waals surface area contributed by atoms with Gasteiger partial charge in [0, 0.05) is 17.7 Å². The monoisotopic (exact) mass is 543 g/mol. The molecule has 4 N–H and O–H groups in total. The van der Waals surface area contributed by atoms with Gasteiger partial charge in [-0.05, 0) is 53.1 Å². The molecule has 11 heteroatoms. The number of ether oxygens (including phenoxy) is 2. The topological polar surface area (TPSA) is 160 Å². The van der Waals surface area contributed by atoms with Crippen molar-refractivity contribution in [3.8, 4) is 23.0 Å². The van der Waals surface area contributed by atoms with E-state index in [4.69, 9.17) is 9.47 Å². The van der Waals surface area contributed by atoms with E-state index in [1.54, 1.807) is 36.4 Å². The molecule has 1 atom stereocenters. The Bertz CT molecular complexity index is 1580. The van der Waals surface area contributed by atoms with Crippen LogP contribution in [0.1, 0.15) is 22.7 Å². The van der Waals surface area contributed by atoms with Gasteiger partial charge in [0.2, 0.25) is 0 Å². The van der Waals surface area contributed by atoms with E-state index >= 15 is 0 Å². The van der Waals surface area contributed by atoms with E-state index in [1.807, 2.05) is 0 Å². The predicted molar refractivity (Wildman–Crippen MR) is 147 cm³/mol. The zero-order valence-electron chi connectivity index (χ0n) is 21.5. The fourth-order valence-corrected chi connectivity index (χ4v) is 4.10. The second-order valence-corrected chi connectivity index (χ2v) is 8.60. The third-order valence-electron chi connectivity index (χ3n) is 6.06. The number of methoxy groups -OCH3 is 2. The molecule has 1 aliphatic heterocycles. The summed E-state index contributed by atoms with van der Waals surface area (Å²) in [6.07, 6.45) is 5.96. The number of allylic oxidation sites excluding steroid dienone is 2. The Morgan fingerprint density at radius 3 is 2.15 bits per heavy atom. The number of carbonyl (C=O) groups is 2. The van der Waals surface area contributed by atoms with Crippen molar-refractivity contribution in [3.05, 3.63) is 111 Å². The third-order valence-corrected chi connectivity index (χ3v) is 6.06. The molecule has 1 heterocycles. The summed E-state index contributed by atoms with van der Waals surface area (Å²) in [4.78, 5) is 37.1. The van der Waals surface area contributed by atoms with E-state index in [2.05, 4.69) is 10.6 Å². The van der Waals surface area contributed by atoms with E-state index in [9.17, 15) is 29.9 Å². The van der Waals surface area contributed by atoms with Crippen molar-refractivity contribution in [2.45, 2.75) is 6.04 Å². The van der Waals surface area contributed by atoms with Crippen LogP contribution < -0.4 is 20.1 Å². The van der Waals surface area contributed by atoms with Crippen molar-refractivity contribution in [2.24, 2.45) is 0 Å². The Hall–Kier alpha value is -5.58. The number of nitrogens with one attached hydrogen (secondary N) is 2. The van der Waals surface area contributed by atoms with Gasteiger partial charge >= 0.3 is 6.03 Å². The highest BCUT2D eigenvalue weighted by molar-refractivity contribution is 6.09. The number of nitrogens with zero attached hydrogens (tertiary/aromatic N) is 1. The Balaban J connectivity index is 1.80. The lowest BCUT2D eigenvalue weighted by Gasteiger charge is -2.28. The van der Waals surface area contributed by atoms with E-state index in [1.165, 1.54) is 62.8 Å². The number of phenolic OH excluding ortho intramolecular Hbond substituents is 2. The molecule has 40 heavy (non-hydrogen) atoms. The summed E-state index contributed by atoms with van der Waals surface area (Å²) in [6, 6.07) is 13.3. The molecule has 4 rings (SSSR count). The third kappa shape index (κ3) is 6.10. The molecule has 0 fully saturated rings. The molecule has 11 nitrogen and oxygen atoms in total. The maximum absolute atomic E-state index is 13.6. The summed E-state index contributed by atoms with van der Waals surface area (Å²) in [5, 5.41) is 36.5. The minimum atomic E-state index is -1.01. The lowest BCUT2D eigenvalue weighted by atomic mass is 9.91. The summed E-state index contributed by atoms with van der Waals surface area (Å²) in [6.45, 7) is 0. The first kappa shape index (κ1) is 27.5. The summed E-state index contributed by atoms with van der Waals surface area (Å²) in [5.41, 5.74) is 1.62. The fourth-order valence-electron chi connectivity index (χ4n) is 4.10. The smallest absolute Gasteiger partial charge is 0.320 e. The van der Waals surface area contributed by atoms with Crippen LogP contribution in [0.15, 0.2) is 84.1 Å². The quantitative estimate of drug-likeness (QED) is 0.173. The molecular weight excluding hydrogens is 518 g/mol. The highest BCUT2D eigenvalue weighted by atomic mass is 16.6. The fraction of sp³-hybridized carbons (Fsp3) is 0.103. The molecule has 2 amide bonds. The Labute approximate surface area is 228 Å². The highest BCUT2D eigenvalue weighted by Crippen LogP contribution is 2.32. The predicted octanol–water partition coefficient (Wildman–Crippen LogP) is 4.63. The number of nitro benzene ring substituents is 1. The second-order valence-electron chi connectivity index (χ2n) is 8.60. The van der Waals surface area contributed by atoms with Gasteiger partial charge in [-0.25, -0.2) is 4.79 Å². The number of benzene rings is 3. The second kappa shape index (κ2) is 11.9. The average Bonchev–Trinajstić information content (AvgIpc) is 2.95. The number of hydrogen-bond acceptors (Lipinski definition) is 8. The van der Waals surface area contributed by atoms with Crippen LogP contribution in [0.5, 0.6) is 23.0 Å². The van der Waals surface area contributed by atoms with Crippen LogP contribution in [0.3, 0.4) is 0 Å². The molecule has 3 aromatic carbocycles. The van der Waals surface area contributed by atoms with Crippen LogP contribution in [0.4, 0.5) is 10.5 Å². The lowest BCUT2D eigenvalue weighted by molar-refractivity contribution is -0.384. The molecule has 0 bridgehead atoms. The van der Waals surface area contributed by atoms with Crippen LogP contribution in [0.25, 0.3) is 12.2 Å². The van der Waals surface area contributed by atoms with Gasteiger partial charge < -0.3 is 30.3 Å². The van der Waals surface area contributed by atoms with Gasteiger partial charge in [-0.1, -0.05) is 36.4 Å². The number of rotatable bonds is 9. The number of ketones is 1. The molecule has 0 aromatic heterocycles. The minimum absolute atomic E-state index is 0.0494. The van der Waals surface area contributed by atoms with Gasteiger partial charge in [0.25, 0.3) is 5.69 Å². The zero-order chi connectivity index (χ0) is 28.8. The van der Waals surface area contributed by atoms with Crippen molar-refractivity contribution in [1.29, 1.82) is 0 Å². The Morgan fingerprint density at radius 2 is 1.55 bits per heavy atom. The van der Waals surface area contributed by atoms with Gasteiger partial charge in [-0.2, -0.15) is 0 Å². The number of non-ortho nitro benzene ring substituents is 1. The summed E-state index contributed by atoms with van der Waals surface area (Å²) in [7, 11) is 2.81. The van der Waals surface area contributed by atoms with E-state index in [0.717, 1.165) is 0 Å². The minimum Gasteiger partial charge on any atom is -0.504 e. The number of aromatic hydroxyl groups is 2. The molecule has 1 unspecified atom stereocenters. The van der Waals surface area contributed by atoms with Gasteiger partial charge in [0.1, 0.15) is 0 Å². The molecular formula is C29H25N3O8. The van der Waals surface area contributed by atoms with E-state index in [-0.39, 0.29) is 40.0 Å². The van der Waals surface area contributed by atoms with Crippen molar-refractivity contribution in [2.75, 3.05) is 14.2 Å². The van der Waals surface area contributed by atoms with Crippen molar-refractivity contribution in [3.63, 3.8) is 0 Å². The molecule has 0 radical (unpaired) electrons. The van der Waals surface area contributed by atoms with Crippen LogP contribution >= 0.6 is 0 Å². The van der Waals surface area contributed by atoms with Gasteiger partial charge in [-0.15, -0.1) is 0 Å². The first-order valence-electron chi connectivity index (χ1n) is 11.9. The number of urea groups is 1. The van der Waals surface area contributed by atoms with Gasteiger partial charge in [0.05, 0.1) is 30.9 Å². The summed E-state index contributed by atoms with van der Waals surface area (Å²) < 4.78 is 10.3. The summed E-state index contributed by atoms with van der Waals surface area (Å²) >= 11 is 0. The van der Waals surface area contributed by atoms with Crippen molar-refractivity contribution in [1.82, 2.24) is 10.6 Å². The Kier molecular flexibility index (Phi) is 8.14. The normalized spacial score (nSPS) is 15.2. The number of amides is 2.